The van der Waals surface area contributed by atoms with Crippen molar-refractivity contribution in [1.82, 2.24) is 0 Å². The first-order chi connectivity index (χ1) is 9.11. The van der Waals surface area contributed by atoms with Crippen LogP contribution in [0.15, 0.2) is 12.7 Å². The molecule has 0 spiro atoms. The molecule has 0 fully saturated rings. The molecular formula is C13H24O6. The molecule has 3 N–H and O–H groups in total. The van der Waals surface area contributed by atoms with Crippen molar-refractivity contribution in [2.75, 3.05) is 6.61 Å². The highest BCUT2D eigenvalue weighted by Crippen LogP contribution is 2.11. The molecule has 0 radical (unpaired) electrons. The molecular weight excluding hydrogens is 252 g/mol. The van der Waals surface area contributed by atoms with Crippen LogP contribution in [-0.2, 0) is 14.6 Å². The summed E-state index contributed by atoms with van der Waals surface area (Å²) in [6.07, 6.45) is 4.21. The fourth-order valence-corrected chi connectivity index (χ4v) is 1.51. The molecule has 0 aliphatic heterocycles. The van der Waals surface area contributed by atoms with Crippen molar-refractivity contribution >= 4 is 5.97 Å². The van der Waals surface area contributed by atoms with Gasteiger partial charge in [0.05, 0.1) is 0 Å². The molecule has 0 aliphatic rings. The zero-order valence-electron chi connectivity index (χ0n) is 11.2. The second-order valence-corrected chi connectivity index (χ2v) is 4.29. The summed E-state index contributed by atoms with van der Waals surface area (Å²) in [5.74, 6) is -0.824. The maximum Gasteiger partial charge on any atom is 0.365 e. The highest BCUT2D eigenvalue weighted by atomic mass is 17.2. The van der Waals surface area contributed by atoms with E-state index in [2.05, 4.69) is 16.4 Å². The summed E-state index contributed by atoms with van der Waals surface area (Å²) in [6, 6.07) is 0. The topological polar surface area (TPSA) is 96.2 Å². The molecule has 2 atom stereocenters. The predicted octanol–water partition coefficient (Wildman–Crippen LogP) is 1.05. The Balaban J connectivity index is 3.48. The van der Waals surface area contributed by atoms with Crippen LogP contribution in [0, 0.1) is 0 Å². The van der Waals surface area contributed by atoms with Crippen molar-refractivity contribution in [2.45, 2.75) is 57.3 Å². The van der Waals surface area contributed by atoms with Crippen molar-refractivity contribution in [2.24, 2.45) is 0 Å². The fraction of sp³-hybridized carbons (Fsp3) is 0.769. The third-order valence-electron chi connectivity index (χ3n) is 2.63. The fourth-order valence-electron chi connectivity index (χ4n) is 1.51. The number of hydrogen-bond donors (Lipinski definition) is 3. The van der Waals surface area contributed by atoms with E-state index in [1.807, 2.05) is 0 Å². The standard InChI is InChI=1S/C13H24O6/c1-2-12(16)18-19-13(17)11(15)9-7-5-3-4-6-8-10-14/h2,11,13-15,17H,1,3-10H2. The van der Waals surface area contributed by atoms with Crippen LogP contribution in [0.1, 0.15) is 44.9 Å². The Labute approximate surface area is 113 Å². The van der Waals surface area contributed by atoms with Crippen molar-refractivity contribution < 1.29 is 29.9 Å². The van der Waals surface area contributed by atoms with Gasteiger partial charge in [0, 0.05) is 12.7 Å². The Morgan fingerprint density at radius 1 is 1.11 bits per heavy atom. The average molecular weight is 276 g/mol. The lowest BCUT2D eigenvalue weighted by Gasteiger charge is -2.15. The van der Waals surface area contributed by atoms with Gasteiger partial charge in [-0.2, -0.15) is 0 Å². The Morgan fingerprint density at radius 3 is 2.26 bits per heavy atom. The van der Waals surface area contributed by atoms with E-state index < -0.39 is 18.4 Å². The summed E-state index contributed by atoms with van der Waals surface area (Å²) < 4.78 is 0. The third-order valence-corrected chi connectivity index (χ3v) is 2.63. The number of hydrogen-bond acceptors (Lipinski definition) is 6. The number of unbranched alkanes of at least 4 members (excludes halogenated alkanes) is 5. The molecule has 0 saturated carbocycles. The molecule has 6 heteroatoms. The Hall–Kier alpha value is -0.950. The summed E-state index contributed by atoms with van der Waals surface area (Å²) in [5, 5.41) is 27.4. The molecule has 0 amide bonds. The summed E-state index contributed by atoms with van der Waals surface area (Å²) in [5.41, 5.74) is 0. The van der Waals surface area contributed by atoms with E-state index in [1.165, 1.54) is 0 Å². The molecule has 0 heterocycles. The van der Waals surface area contributed by atoms with Gasteiger partial charge in [0.1, 0.15) is 6.10 Å². The van der Waals surface area contributed by atoms with Crippen LogP contribution >= 0.6 is 0 Å². The van der Waals surface area contributed by atoms with Gasteiger partial charge in [0.2, 0.25) is 6.29 Å². The van der Waals surface area contributed by atoms with E-state index in [4.69, 9.17) is 5.11 Å². The zero-order chi connectivity index (χ0) is 14.5. The lowest BCUT2D eigenvalue weighted by molar-refractivity contribution is -0.357. The second kappa shape index (κ2) is 12.1. The summed E-state index contributed by atoms with van der Waals surface area (Å²) >= 11 is 0. The number of rotatable bonds is 12. The van der Waals surface area contributed by atoms with Gasteiger partial charge in [-0.05, 0) is 12.8 Å². The lowest BCUT2D eigenvalue weighted by Crippen LogP contribution is -2.29. The molecule has 0 rings (SSSR count). The predicted molar refractivity (Wildman–Crippen MR) is 68.8 cm³/mol. The van der Waals surface area contributed by atoms with Crippen molar-refractivity contribution in [3.8, 4) is 0 Å². The smallest absolute Gasteiger partial charge is 0.365 e. The SMILES string of the molecule is C=CC(=O)OOC(O)C(O)CCCCCCCCO. The normalized spacial score (nSPS) is 13.8. The number of aliphatic hydroxyl groups is 3. The van der Waals surface area contributed by atoms with E-state index in [1.54, 1.807) is 0 Å². The average Bonchev–Trinajstić information content (AvgIpc) is 2.42. The second-order valence-electron chi connectivity index (χ2n) is 4.29. The molecule has 0 bridgehead atoms. The van der Waals surface area contributed by atoms with Gasteiger partial charge in [-0.15, -0.1) is 4.89 Å². The van der Waals surface area contributed by atoms with Crippen molar-refractivity contribution in [1.29, 1.82) is 0 Å². The Morgan fingerprint density at radius 2 is 1.68 bits per heavy atom. The molecule has 0 aromatic carbocycles. The van der Waals surface area contributed by atoms with Gasteiger partial charge >= 0.3 is 5.97 Å². The van der Waals surface area contributed by atoms with E-state index in [9.17, 15) is 15.0 Å². The van der Waals surface area contributed by atoms with Crippen LogP contribution in [0.5, 0.6) is 0 Å². The summed E-state index contributed by atoms with van der Waals surface area (Å²) in [7, 11) is 0. The van der Waals surface area contributed by atoms with Crippen LogP contribution in [-0.4, -0.2) is 40.3 Å². The van der Waals surface area contributed by atoms with E-state index in [0.29, 0.717) is 6.42 Å². The largest absolute Gasteiger partial charge is 0.396 e. The van der Waals surface area contributed by atoms with E-state index in [-0.39, 0.29) is 6.61 Å². The van der Waals surface area contributed by atoms with Gasteiger partial charge in [-0.25, -0.2) is 4.79 Å². The molecule has 19 heavy (non-hydrogen) atoms. The minimum atomic E-state index is -1.54. The van der Waals surface area contributed by atoms with Crippen molar-refractivity contribution in [3.05, 3.63) is 12.7 Å². The van der Waals surface area contributed by atoms with Crippen LogP contribution in [0.25, 0.3) is 0 Å². The molecule has 6 nitrogen and oxygen atoms in total. The van der Waals surface area contributed by atoms with Crippen LogP contribution in [0.4, 0.5) is 0 Å². The first kappa shape index (κ1) is 18.0. The maximum atomic E-state index is 10.6. The quantitative estimate of drug-likeness (QED) is 0.162. The number of aliphatic hydroxyl groups excluding tert-OH is 3. The highest BCUT2D eigenvalue weighted by Gasteiger charge is 2.18. The monoisotopic (exact) mass is 276 g/mol. The number of carbonyl (C=O) groups is 1. The lowest BCUT2D eigenvalue weighted by atomic mass is 10.1. The minimum Gasteiger partial charge on any atom is -0.396 e. The molecule has 0 aromatic heterocycles. The van der Waals surface area contributed by atoms with E-state index in [0.717, 1.165) is 44.6 Å². The van der Waals surface area contributed by atoms with Gasteiger partial charge in [0.25, 0.3) is 0 Å². The molecule has 0 saturated heterocycles. The van der Waals surface area contributed by atoms with Crippen molar-refractivity contribution in [3.63, 3.8) is 0 Å². The summed E-state index contributed by atoms with van der Waals surface area (Å²) in [4.78, 5) is 19.1. The molecule has 2 unspecified atom stereocenters. The van der Waals surface area contributed by atoms with Gasteiger partial charge in [-0.1, -0.05) is 38.7 Å². The maximum absolute atomic E-state index is 10.6. The molecule has 0 aromatic rings. The first-order valence-electron chi connectivity index (χ1n) is 6.58. The molecule has 0 aliphatic carbocycles. The zero-order valence-corrected chi connectivity index (χ0v) is 11.2. The van der Waals surface area contributed by atoms with Crippen LogP contribution < -0.4 is 0 Å². The highest BCUT2D eigenvalue weighted by molar-refractivity contribution is 5.80. The van der Waals surface area contributed by atoms with Crippen LogP contribution in [0.2, 0.25) is 0 Å². The minimum absolute atomic E-state index is 0.228. The third kappa shape index (κ3) is 10.6. The Kier molecular flexibility index (Phi) is 11.5. The Bertz CT molecular complexity index is 243. The first-order valence-corrected chi connectivity index (χ1v) is 6.58. The molecule has 112 valence electrons. The van der Waals surface area contributed by atoms with Gasteiger partial charge < -0.3 is 15.3 Å². The van der Waals surface area contributed by atoms with Gasteiger partial charge in [0.15, 0.2) is 0 Å². The summed E-state index contributed by atoms with van der Waals surface area (Å²) in [6.45, 7) is 3.39. The van der Waals surface area contributed by atoms with Gasteiger partial charge in [-0.3, -0.25) is 4.89 Å². The number of carbonyl (C=O) groups excluding carboxylic acids is 1. The van der Waals surface area contributed by atoms with Crippen LogP contribution in [0.3, 0.4) is 0 Å². The van der Waals surface area contributed by atoms with E-state index >= 15 is 0 Å².